The number of ether oxygens (including phenoxy) is 2. The third-order valence-corrected chi connectivity index (χ3v) is 17.0. The molecule has 0 amide bonds. The zero-order chi connectivity index (χ0) is 37.0. The van der Waals surface area contributed by atoms with E-state index in [1.165, 1.54) is 24.3 Å². The fourth-order valence-corrected chi connectivity index (χ4v) is 13.7. The predicted molar refractivity (Wildman–Crippen MR) is 194 cm³/mol. The number of aromatic hydroxyl groups is 1. The number of pyridine rings is 1. The van der Waals surface area contributed by atoms with Gasteiger partial charge in [0.1, 0.15) is 43.6 Å². The van der Waals surface area contributed by atoms with Crippen LogP contribution in [-0.2, 0) is 0 Å². The van der Waals surface area contributed by atoms with Crippen molar-refractivity contribution >= 4 is 29.7 Å². The molecule has 0 aliphatic carbocycles. The minimum absolute atomic E-state index is 0.0557. The monoisotopic (exact) mass is 705 g/mol. The first kappa shape index (κ1) is 34.6. The molecule has 7 nitrogen and oxygen atoms in total. The SMILES string of the molecule is [2H]c1nc(OC[C@@]23CCCN2C[C@H](F)C3)nc2c(F)c(-c3cc(O)cc4ccc(F)c(C#C[Si](C(C)C)(C(C)C)C(C)C)c34)nc(OC(C)C)c12. The van der Waals surface area contributed by atoms with Crippen LogP contribution < -0.4 is 9.47 Å². The molecule has 50 heavy (non-hydrogen) atoms. The number of alkyl halides is 1. The molecule has 2 atom stereocenters. The lowest BCUT2D eigenvalue weighted by molar-refractivity contribution is 0.107. The van der Waals surface area contributed by atoms with Crippen LogP contribution in [0.15, 0.2) is 30.4 Å². The highest BCUT2D eigenvalue weighted by Crippen LogP contribution is 2.43. The molecule has 4 heterocycles. The van der Waals surface area contributed by atoms with Gasteiger partial charge in [0.25, 0.3) is 0 Å². The van der Waals surface area contributed by atoms with Gasteiger partial charge >= 0.3 is 6.01 Å². The van der Waals surface area contributed by atoms with E-state index in [0.29, 0.717) is 40.4 Å². The van der Waals surface area contributed by atoms with Crippen molar-refractivity contribution in [2.24, 2.45) is 0 Å². The quantitative estimate of drug-likeness (QED) is 0.137. The molecule has 0 radical (unpaired) electrons. The second-order valence-corrected chi connectivity index (χ2v) is 20.7. The van der Waals surface area contributed by atoms with Crippen LogP contribution in [0.4, 0.5) is 13.2 Å². The number of halogens is 3. The van der Waals surface area contributed by atoms with E-state index in [0.717, 1.165) is 19.4 Å². The second-order valence-electron chi connectivity index (χ2n) is 15.1. The molecule has 0 bridgehead atoms. The van der Waals surface area contributed by atoms with Gasteiger partial charge in [0, 0.05) is 30.1 Å². The lowest BCUT2D eigenvalue weighted by Crippen LogP contribution is -2.43. The molecule has 2 aromatic heterocycles. The Labute approximate surface area is 295 Å². The molecule has 6 rings (SSSR count). The third kappa shape index (κ3) is 6.30. The number of fused-ring (bicyclic) bond motifs is 3. The Morgan fingerprint density at radius 1 is 1.08 bits per heavy atom. The highest BCUT2D eigenvalue weighted by Gasteiger charge is 2.49. The van der Waals surface area contributed by atoms with Crippen LogP contribution in [-0.4, -0.2) is 70.5 Å². The molecule has 0 saturated carbocycles. The van der Waals surface area contributed by atoms with Crippen LogP contribution in [0.1, 0.15) is 81.6 Å². The van der Waals surface area contributed by atoms with Gasteiger partial charge in [0.15, 0.2) is 5.82 Å². The number of phenolic OH excluding ortho intramolecular Hbond substituents is 1. The number of phenols is 1. The van der Waals surface area contributed by atoms with Crippen molar-refractivity contribution in [3.8, 4) is 40.4 Å². The van der Waals surface area contributed by atoms with Crippen molar-refractivity contribution in [3.63, 3.8) is 0 Å². The average molecular weight is 706 g/mol. The van der Waals surface area contributed by atoms with Crippen molar-refractivity contribution in [3.05, 3.63) is 47.6 Å². The van der Waals surface area contributed by atoms with E-state index in [2.05, 4.69) is 72.9 Å². The van der Waals surface area contributed by atoms with Gasteiger partial charge in [-0.1, -0.05) is 53.5 Å². The van der Waals surface area contributed by atoms with Gasteiger partial charge in [0.2, 0.25) is 5.88 Å². The standard InChI is InChI=1S/C39H47F3N4O3Si/c1-22(2)49-37-31-19-43-38(48-21-39-13-9-14-46(39)20-27(40)18-39)45-36(31)34(42)35(44-37)30-17-28(47)16-26-10-11-32(41)29(33(26)30)12-15-50(23(3)4,24(5)6)25(7)8/h10-11,16-17,19,22-25,27,47H,9,13-14,18,20-21H2,1-8H3/t27-,39+/m1/s1/i19D. The van der Waals surface area contributed by atoms with E-state index >= 15 is 8.78 Å². The van der Waals surface area contributed by atoms with Gasteiger partial charge in [-0.3, -0.25) is 4.90 Å². The molecular formula is C39H47F3N4O3Si. The molecular weight excluding hydrogens is 658 g/mol. The maximum atomic E-state index is 17.0. The fraction of sp³-hybridized carbons (Fsp3) is 0.513. The Hall–Kier alpha value is -3.88. The number of nitrogens with zero attached hydrogens (tertiary/aromatic N) is 4. The molecule has 2 fully saturated rings. The van der Waals surface area contributed by atoms with E-state index in [1.54, 1.807) is 13.8 Å². The molecule has 2 aromatic carbocycles. The van der Waals surface area contributed by atoms with Crippen LogP contribution in [0.25, 0.3) is 32.9 Å². The summed E-state index contributed by atoms with van der Waals surface area (Å²) in [4.78, 5) is 15.3. The summed E-state index contributed by atoms with van der Waals surface area (Å²) in [6, 6.07) is 5.42. The van der Waals surface area contributed by atoms with Crippen LogP contribution in [0.5, 0.6) is 17.6 Å². The first-order valence-corrected chi connectivity index (χ1v) is 19.9. The van der Waals surface area contributed by atoms with Gasteiger partial charge in [-0.05, 0) is 73.4 Å². The summed E-state index contributed by atoms with van der Waals surface area (Å²) in [6.45, 7) is 17.8. The molecule has 1 N–H and O–H groups in total. The Bertz CT molecular complexity index is 2030. The van der Waals surface area contributed by atoms with E-state index in [9.17, 15) is 9.50 Å². The molecule has 0 spiro atoms. The Morgan fingerprint density at radius 2 is 1.80 bits per heavy atom. The molecule has 4 aromatic rings. The first-order chi connectivity index (χ1) is 24.1. The third-order valence-electron chi connectivity index (χ3n) is 10.7. The van der Waals surface area contributed by atoms with Gasteiger partial charge in [0.05, 0.1) is 24.0 Å². The largest absolute Gasteiger partial charge is 0.508 e. The summed E-state index contributed by atoms with van der Waals surface area (Å²) < 4.78 is 68.2. The number of aromatic nitrogens is 3. The van der Waals surface area contributed by atoms with Crippen molar-refractivity contribution in [1.29, 1.82) is 0 Å². The smallest absolute Gasteiger partial charge is 0.317 e. The van der Waals surface area contributed by atoms with E-state index in [-0.39, 0.29) is 58.1 Å². The topological polar surface area (TPSA) is 80.6 Å². The van der Waals surface area contributed by atoms with E-state index < -0.39 is 37.5 Å². The summed E-state index contributed by atoms with van der Waals surface area (Å²) >= 11 is 0. The maximum Gasteiger partial charge on any atom is 0.317 e. The minimum Gasteiger partial charge on any atom is -0.508 e. The molecule has 2 aliphatic heterocycles. The summed E-state index contributed by atoms with van der Waals surface area (Å²) in [7, 11) is -2.31. The minimum atomic E-state index is -2.31. The second kappa shape index (κ2) is 13.7. The highest BCUT2D eigenvalue weighted by atomic mass is 28.3. The fourth-order valence-electron chi connectivity index (χ4n) is 8.50. The van der Waals surface area contributed by atoms with Crippen molar-refractivity contribution in [1.82, 2.24) is 19.9 Å². The summed E-state index contributed by atoms with van der Waals surface area (Å²) in [5.74, 6) is 1.47. The Kier molecular flexibility index (Phi) is 9.46. The molecule has 0 unspecified atom stereocenters. The number of hydrogen-bond acceptors (Lipinski definition) is 7. The van der Waals surface area contributed by atoms with Gasteiger partial charge in [-0.15, -0.1) is 5.54 Å². The number of rotatable bonds is 9. The predicted octanol–water partition coefficient (Wildman–Crippen LogP) is 9.14. The first-order valence-electron chi connectivity index (χ1n) is 18.1. The van der Waals surface area contributed by atoms with Crippen molar-refractivity contribution < 1.29 is 29.1 Å². The molecule has 11 heteroatoms. The van der Waals surface area contributed by atoms with Gasteiger partial charge in [-0.2, -0.15) is 4.98 Å². The zero-order valence-electron chi connectivity index (χ0n) is 31.1. The van der Waals surface area contributed by atoms with Crippen LogP contribution in [0, 0.1) is 23.1 Å². The lowest BCUT2D eigenvalue weighted by atomic mass is 9.95. The summed E-state index contributed by atoms with van der Waals surface area (Å²) in [6.07, 6.45) is 0.263. The Morgan fingerprint density at radius 3 is 2.48 bits per heavy atom. The van der Waals surface area contributed by atoms with Gasteiger partial charge < -0.3 is 14.6 Å². The molecule has 2 aliphatic rings. The van der Waals surface area contributed by atoms with E-state index in [1.807, 2.05) is 0 Å². The van der Waals surface area contributed by atoms with Crippen molar-refractivity contribution in [2.45, 2.75) is 109 Å². The maximum absolute atomic E-state index is 17.0. The normalized spacial score (nSPS) is 19.9. The lowest BCUT2D eigenvalue weighted by Gasteiger charge is -2.38. The van der Waals surface area contributed by atoms with Gasteiger partial charge in [-0.25, -0.2) is 23.1 Å². The van der Waals surface area contributed by atoms with Crippen LogP contribution >= 0.6 is 0 Å². The van der Waals surface area contributed by atoms with E-state index in [4.69, 9.17) is 10.8 Å². The molecule has 2 saturated heterocycles. The summed E-state index contributed by atoms with van der Waals surface area (Å²) in [5, 5.41) is 11.6. The van der Waals surface area contributed by atoms with Crippen LogP contribution in [0.2, 0.25) is 16.6 Å². The Balaban J connectivity index is 1.57. The highest BCUT2D eigenvalue weighted by molar-refractivity contribution is 6.90. The van der Waals surface area contributed by atoms with Crippen LogP contribution in [0.3, 0.4) is 0 Å². The van der Waals surface area contributed by atoms with Crippen molar-refractivity contribution in [2.75, 3.05) is 19.7 Å². The summed E-state index contributed by atoms with van der Waals surface area (Å²) in [5.41, 5.74) is 3.62. The molecule has 266 valence electrons. The number of benzene rings is 2. The zero-order valence-corrected chi connectivity index (χ0v) is 31.1. The number of hydrogen-bond donors (Lipinski definition) is 1. The average Bonchev–Trinajstić information content (AvgIpc) is 3.57.